The molecule has 0 aromatic heterocycles. The van der Waals surface area contributed by atoms with E-state index in [0.717, 1.165) is 18.1 Å². The van der Waals surface area contributed by atoms with Crippen molar-refractivity contribution in [1.29, 1.82) is 0 Å². The van der Waals surface area contributed by atoms with E-state index in [1.54, 1.807) is 0 Å². The van der Waals surface area contributed by atoms with Crippen molar-refractivity contribution in [3.05, 3.63) is 0 Å². The molecule has 98 valence electrons. The van der Waals surface area contributed by atoms with Crippen molar-refractivity contribution >= 4 is 8.32 Å². The average molecular weight is 248 g/mol. The standard InChI is InChI=1S/C12H28O3Si/c1-4-7-10-16(15-14-13,11-8-5-2)12-9-6-3/h13H,4-12H2,1-3H3. The third-order valence-corrected chi connectivity index (χ3v) is 7.39. The van der Waals surface area contributed by atoms with E-state index in [0.29, 0.717) is 0 Å². The summed E-state index contributed by atoms with van der Waals surface area (Å²) in [4.78, 5) is 0. The van der Waals surface area contributed by atoms with E-state index in [9.17, 15) is 0 Å². The van der Waals surface area contributed by atoms with Crippen LogP contribution in [0, 0.1) is 0 Å². The van der Waals surface area contributed by atoms with Gasteiger partial charge in [0.25, 0.3) is 0 Å². The molecule has 0 radical (unpaired) electrons. The van der Waals surface area contributed by atoms with Crippen LogP contribution in [0.5, 0.6) is 0 Å². The topological polar surface area (TPSA) is 38.7 Å². The van der Waals surface area contributed by atoms with E-state index >= 15 is 0 Å². The minimum absolute atomic E-state index is 1.12. The quantitative estimate of drug-likeness (QED) is 0.326. The summed E-state index contributed by atoms with van der Waals surface area (Å²) in [6.07, 6.45) is 7.10. The summed E-state index contributed by atoms with van der Waals surface area (Å²) in [5, 5.41) is 12.7. The van der Waals surface area contributed by atoms with Gasteiger partial charge in [0.15, 0.2) is 0 Å². The second-order valence-corrected chi connectivity index (χ2v) is 8.68. The molecule has 0 heterocycles. The van der Waals surface area contributed by atoms with Gasteiger partial charge >= 0.3 is 0 Å². The highest BCUT2D eigenvalue weighted by atomic mass is 28.4. The number of hydrogen-bond acceptors (Lipinski definition) is 3. The molecule has 0 spiro atoms. The third-order valence-electron chi connectivity index (χ3n) is 3.17. The van der Waals surface area contributed by atoms with Crippen molar-refractivity contribution in [3.8, 4) is 0 Å². The van der Waals surface area contributed by atoms with Crippen LogP contribution in [0.1, 0.15) is 59.3 Å². The average Bonchev–Trinajstić information content (AvgIpc) is 2.31. The maximum absolute atomic E-state index is 8.61. The lowest BCUT2D eigenvalue weighted by atomic mass is 10.4. The lowest BCUT2D eigenvalue weighted by molar-refractivity contribution is -0.448. The maximum Gasteiger partial charge on any atom is 0.243 e. The van der Waals surface area contributed by atoms with Crippen molar-refractivity contribution in [2.75, 3.05) is 0 Å². The molecule has 0 aliphatic carbocycles. The van der Waals surface area contributed by atoms with Crippen LogP contribution in [0.25, 0.3) is 0 Å². The lowest BCUT2D eigenvalue weighted by Gasteiger charge is -2.28. The van der Waals surface area contributed by atoms with Gasteiger partial charge in [-0.1, -0.05) is 64.3 Å². The van der Waals surface area contributed by atoms with Gasteiger partial charge < -0.3 is 0 Å². The lowest BCUT2D eigenvalue weighted by Crippen LogP contribution is -2.37. The minimum Gasteiger partial charge on any atom is -0.257 e. The van der Waals surface area contributed by atoms with E-state index in [1.165, 1.54) is 38.5 Å². The van der Waals surface area contributed by atoms with E-state index in [2.05, 4.69) is 25.8 Å². The molecule has 3 nitrogen and oxygen atoms in total. The monoisotopic (exact) mass is 248 g/mol. The van der Waals surface area contributed by atoms with Crippen LogP contribution in [0.3, 0.4) is 0 Å². The molecule has 1 N–H and O–H groups in total. The van der Waals surface area contributed by atoms with E-state index < -0.39 is 8.32 Å². The number of hydrogen-bond donors (Lipinski definition) is 1. The summed E-state index contributed by atoms with van der Waals surface area (Å²) in [5.41, 5.74) is 0. The van der Waals surface area contributed by atoms with Crippen LogP contribution in [0.15, 0.2) is 0 Å². The van der Waals surface area contributed by atoms with Crippen molar-refractivity contribution < 1.29 is 14.9 Å². The molecule has 0 aliphatic rings. The molecule has 0 saturated carbocycles. The Morgan fingerprint density at radius 3 is 1.44 bits per heavy atom. The Morgan fingerprint density at radius 2 is 1.19 bits per heavy atom. The molecule has 4 heteroatoms. The molecule has 0 atom stereocenters. The fourth-order valence-electron chi connectivity index (χ4n) is 2.08. The summed E-state index contributed by atoms with van der Waals surface area (Å²) >= 11 is 0. The van der Waals surface area contributed by atoms with Crippen molar-refractivity contribution in [2.24, 2.45) is 0 Å². The molecule has 0 bridgehead atoms. The normalized spacial score (nSPS) is 12.0. The van der Waals surface area contributed by atoms with Gasteiger partial charge in [0.05, 0.1) is 0 Å². The highest BCUT2D eigenvalue weighted by Crippen LogP contribution is 2.29. The Kier molecular flexibility index (Phi) is 10.3. The third kappa shape index (κ3) is 6.63. The first kappa shape index (κ1) is 16.1. The van der Waals surface area contributed by atoms with Crippen molar-refractivity contribution in [2.45, 2.75) is 77.4 Å². The fraction of sp³-hybridized carbons (Fsp3) is 1.00. The first-order valence-electron chi connectivity index (χ1n) is 6.74. The second kappa shape index (κ2) is 10.3. The zero-order chi connectivity index (χ0) is 12.3. The van der Waals surface area contributed by atoms with Crippen LogP contribution in [-0.4, -0.2) is 13.6 Å². The molecule has 0 rings (SSSR count). The van der Waals surface area contributed by atoms with E-state index in [4.69, 9.17) is 9.83 Å². The first-order valence-corrected chi connectivity index (χ1v) is 9.26. The SMILES string of the molecule is CCCC[Si](CCCC)(CCCC)OOO. The largest absolute Gasteiger partial charge is 0.257 e. The molecule has 0 saturated heterocycles. The molecule has 0 aromatic rings. The predicted octanol–water partition coefficient (Wildman–Crippen LogP) is 4.75. The van der Waals surface area contributed by atoms with Crippen LogP contribution >= 0.6 is 0 Å². The number of unbranched alkanes of at least 4 members (excludes halogenated alkanes) is 3. The predicted molar refractivity (Wildman–Crippen MR) is 69.7 cm³/mol. The molecule has 0 unspecified atom stereocenters. The molecule has 0 fully saturated rings. The van der Waals surface area contributed by atoms with Crippen LogP contribution in [0.2, 0.25) is 18.1 Å². The Morgan fingerprint density at radius 1 is 0.812 bits per heavy atom. The second-order valence-electron chi connectivity index (χ2n) is 4.65. The van der Waals surface area contributed by atoms with Gasteiger partial charge in [-0.25, -0.2) is 5.26 Å². The Hall–Kier alpha value is 0.0969. The van der Waals surface area contributed by atoms with Crippen LogP contribution in [0.4, 0.5) is 0 Å². The molecule has 0 amide bonds. The summed E-state index contributed by atoms with van der Waals surface area (Å²) in [6, 6.07) is 3.35. The molecular weight excluding hydrogens is 220 g/mol. The summed E-state index contributed by atoms with van der Waals surface area (Å²) in [5.74, 6) is 0. The summed E-state index contributed by atoms with van der Waals surface area (Å²) < 4.78 is 5.33. The highest BCUT2D eigenvalue weighted by molar-refractivity contribution is 6.73. The van der Waals surface area contributed by atoms with Gasteiger partial charge in [0.2, 0.25) is 8.32 Å². The number of rotatable bonds is 11. The van der Waals surface area contributed by atoms with E-state index in [-0.39, 0.29) is 0 Å². The minimum atomic E-state index is -1.83. The smallest absolute Gasteiger partial charge is 0.243 e. The Bertz CT molecular complexity index is 131. The zero-order valence-corrected chi connectivity index (χ0v) is 12.1. The van der Waals surface area contributed by atoms with Gasteiger partial charge in [0.1, 0.15) is 0 Å². The molecular formula is C12H28O3Si. The van der Waals surface area contributed by atoms with Crippen LogP contribution in [-0.2, 0) is 9.61 Å². The van der Waals surface area contributed by atoms with Gasteiger partial charge in [-0.05, 0) is 18.1 Å². The molecule has 0 aliphatic heterocycles. The summed E-state index contributed by atoms with van der Waals surface area (Å²) in [7, 11) is -1.83. The maximum atomic E-state index is 8.61. The highest BCUT2D eigenvalue weighted by Gasteiger charge is 2.35. The van der Waals surface area contributed by atoms with E-state index in [1.807, 2.05) is 0 Å². The molecule has 0 aromatic carbocycles. The molecule has 16 heavy (non-hydrogen) atoms. The zero-order valence-electron chi connectivity index (χ0n) is 11.1. The van der Waals surface area contributed by atoms with Crippen LogP contribution < -0.4 is 0 Å². The van der Waals surface area contributed by atoms with Gasteiger partial charge in [0, 0.05) is 0 Å². The fourth-order valence-corrected chi connectivity index (χ4v) is 6.23. The van der Waals surface area contributed by atoms with Crippen molar-refractivity contribution in [3.63, 3.8) is 0 Å². The van der Waals surface area contributed by atoms with Gasteiger partial charge in [-0.15, -0.1) is 0 Å². The van der Waals surface area contributed by atoms with Gasteiger partial charge in [-0.3, -0.25) is 4.58 Å². The van der Waals surface area contributed by atoms with Crippen molar-refractivity contribution in [1.82, 2.24) is 0 Å². The Balaban J connectivity index is 4.32. The van der Waals surface area contributed by atoms with Gasteiger partial charge in [-0.2, -0.15) is 0 Å². The Labute approximate surface area is 101 Å². The summed E-state index contributed by atoms with van der Waals surface area (Å²) in [6.45, 7) is 6.58. The first-order chi connectivity index (χ1) is 7.74.